The molecule has 4 heterocycles. The molecule has 3 aliphatic heterocycles. The largest absolute Gasteiger partial charge is 0.476 e. The van der Waals surface area contributed by atoms with Crippen molar-refractivity contribution in [2.45, 2.75) is 70.9 Å². The summed E-state index contributed by atoms with van der Waals surface area (Å²) in [5.41, 5.74) is 5.50. The van der Waals surface area contributed by atoms with Crippen LogP contribution in [0.1, 0.15) is 59.3 Å². The van der Waals surface area contributed by atoms with Gasteiger partial charge in [-0.3, -0.25) is 9.18 Å². The van der Waals surface area contributed by atoms with Crippen molar-refractivity contribution in [1.29, 1.82) is 0 Å². The summed E-state index contributed by atoms with van der Waals surface area (Å²) in [6.45, 7) is 8.27. The molecule has 1 unspecified atom stereocenters. The molecule has 2 aromatic rings. The highest BCUT2D eigenvalue weighted by atomic mass is 19.1. The van der Waals surface area contributed by atoms with Crippen molar-refractivity contribution in [3.8, 4) is 5.75 Å². The van der Waals surface area contributed by atoms with Crippen molar-refractivity contribution in [3.63, 3.8) is 0 Å². The number of carbonyl (C=O) groups excluding carboxylic acids is 1. The highest BCUT2D eigenvalue weighted by molar-refractivity contribution is 6.02. The second-order valence-corrected chi connectivity index (χ2v) is 10.6. The molecule has 0 saturated carbocycles. The van der Waals surface area contributed by atoms with Crippen LogP contribution in [0.2, 0.25) is 0 Å². The minimum Gasteiger partial charge on any atom is -0.476 e. The van der Waals surface area contributed by atoms with E-state index in [1.807, 2.05) is 0 Å². The molecule has 2 fully saturated rings. The van der Waals surface area contributed by atoms with Gasteiger partial charge in [-0.2, -0.15) is 4.98 Å². The van der Waals surface area contributed by atoms with Crippen molar-refractivity contribution in [2.24, 2.45) is 5.92 Å². The van der Waals surface area contributed by atoms with Crippen LogP contribution in [0.25, 0.3) is 0 Å². The number of nitrogens with one attached hydrogen (secondary N) is 1. The smallest absolute Gasteiger partial charge is 0.270 e. The third kappa shape index (κ3) is 6.29. The summed E-state index contributed by atoms with van der Waals surface area (Å²) >= 11 is 0. The van der Waals surface area contributed by atoms with Crippen molar-refractivity contribution in [1.82, 2.24) is 14.9 Å². The van der Waals surface area contributed by atoms with E-state index in [0.717, 1.165) is 18.2 Å². The molecule has 1 aromatic heterocycles. The minimum absolute atomic E-state index is 0.129. The van der Waals surface area contributed by atoms with Gasteiger partial charge in [-0.25, -0.2) is 9.37 Å². The maximum Gasteiger partial charge on any atom is 0.270 e. The van der Waals surface area contributed by atoms with Gasteiger partial charge in [-0.1, -0.05) is 13.3 Å². The van der Waals surface area contributed by atoms with Gasteiger partial charge in [0.1, 0.15) is 5.75 Å². The van der Waals surface area contributed by atoms with Crippen LogP contribution in [0.5, 0.6) is 5.75 Å². The molecule has 3 aliphatic rings. The number of nitrogens with two attached hydrogens (primary N) is 1. The van der Waals surface area contributed by atoms with E-state index in [2.05, 4.69) is 27.1 Å². The van der Waals surface area contributed by atoms with E-state index in [-0.39, 0.29) is 30.6 Å². The third-order valence-corrected chi connectivity index (χ3v) is 7.34. The molecule has 202 valence electrons. The summed E-state index contributed by atoms with van der Waals surface area (Å²) in [5, 5.41) is 2.91. The minimum atomic E-state index is -1.07. The highest BCUT2D eigenvalue weighted by Gasteiger charge is 2.40. The van der Waals surface area contributed by atoms with Gasteiger partial charge >= 0.3 is 0 Å². The van der Waals surface area contributed by atoms with Crippen LogP contribution in [0.3, 0.4) is 0 Å². The van der Waals surface area contributed by atoms with E-state index < -0.39 is 18.1 Å². The molecule has 2 atom stereocenters. The quantitative estimate of drug-likeness (QED) is 0.572. The Hall–Kier alpha value is -3.01. The lowest BCUT2D eigenvalue weighted by Gasteiger charge is -2.43. The zero-order valence-corrected chi connectivity index (χ0v) is 22.0. The van der Waals surface area contributed by atoms with Gasteiger partial charge in [0.2, 0.25) is 5.95 Å². The lowest BCUT2D eigenvalue weighted by atomic mass is 9.85. The Balaban J connectivity index is 0.000000241. The molecule has 0 aliphatic carbocycles. The number of ether oxygens (including phenoxy) is 1. The number of piperidine rings is 2. The molecule has 8 nitrogen and oxygen atoms in total. The normalized spacial score (nSPS) is 22.7. The Morgan fingerprint density at radius 1 is 1.22 bits per heavy atom. The average molecular weight is 517 g/mol. The number of amides is 1. The molecule has 1 aromatic carbocycles. The number of carbonyl (C=O) groups is 1. The van der Waals surface area contributed by atoms with E-state index in [1.54, 1.807) is 32.0 Å². The number of hydrogen-bond donors (Lipinski definition) is 2. The number of benzene rings is 1. The first-order valence-corrected chi connectivity index (χ1v) is 13.2. The zero-order valence-electron chi connectivity index (χ0n) is 22.0. The summed E-state index contributed by atoms with van der Waals surface area (Å²) < 4.78 is 31.6. The summed E-state index contributed by atoms with van der Waals surface area (Å²) in [6, 6.07) is 6.02. The van der Waals surface area contributed by atoms with Crippen LogP contribution in [-0.2, 0) is 4.79 Å². The fraction of sp³-hybridized carbons (Fsp3) is 0.593. The Morgan fingerprint density at radius 2 is 2.00 bits per heavy atom. The second kappa shape index (κ2) is 11.6. The first kappa shape index (κ1) is 27.0. The van der Waals surface area contributed by atoms with Crippen LogP contribution < -0.4 is 20.7 Å². The Labute approximate surface area is 217 Å². The Kier molecular flexibility index (Phi) is 8.46. The summed E-state index contributed by atoms with van der Waals surface area (Å²) in [5.74, 6) is 0.379. The monoisotopic (exact) mass is 516 g/mol. The van der Waals surface area contributed by atoms with Gasteiger partial charge in [-0.15, -0.1) is 0 Å². The van der Waals surface area contributed by atoms with Gasteiger partial charge in [0.25, 0.3) is 5.91 Å². The SMILES string of the molecule is CC1(C)Oc2cc(Nc3ncc(F)c(N)n3)ccc2N(CCCF)C1=O.C[C@@H]1CCCN2CCCCC12. The highest BCUT2D eigenvalue weighted by Crippen LogP contribution is 2.40. The fourth-order valence-electron chi connectivity index (χ4n) is 5.41. The Bertz CT molecular complexity index is 1100. The van der Waals surface area contributed by atoms with E-state index in [1.165, 1.54) is 50.1 Å². The number of alkyl halides is 1. The summed E-state index contributed by atoms with van der Waals surface area (Å²) in [4.78, 5) is 24.4. The number of rotatable bonds is 5. The number of nitrogen functional groups attached to an aromatic ring is 1. The first-order chi connectivity index (χ1) is 17.7. The molecule has 10 heteroatoms. The van der Waals surface area contributed by atoms with Crippen LogP contribution in [-0.4, -0.2) is 58.7 Å². The predicted octanol–water partition coefficient (Wildman–Crippen LogP) is 5.08. The number of aromatic nitrogens is 2. The molecule has 37 heavy (non-hydrogen) atoms. The molecular weight excluding hydrogens is 478 g/mol. The molecule has 3 N–H and O–H groups in total. The molecular formula is C27H38F2N6O2. The fourth-order valence-corrected chi connectivity index (χ4v) is 5.41. The molecule has 2 saturated heterocycles. The van der Waals surface area contributed by atoms with Gasteiger partial charge < -0.3 is 25.6 Å². The van der Waals surface area contributed by atoms with Crippen molar-refractivity contribution in [3.05, 3.63) is 30.2 Å². The van der Waals surface area contributed by atoms with E-state index in [0.29, 0.717) is 17.1 Å². The number of nitrogens with zero attached hydrogens (tertiary/aromatic N) is 4. The Morgan fingerprint density at radius 3 is 2.73 bits per heavy atom. The average Bonchev–Trinajstić information content (AvgIpc) is 2.87. The third-order valence-electron chi connectivity index (χ3n) is 7.34. The zero-order chi connectivity index (χ0) is 26.6. The number of anilines is 4. The number of fused-ring (bicyclic) bond motifs is 2. The van der Waals surface area contributed by atoms with Gasteiger partial charge in [0, 0.05) is 24.3 Å². The number of hydrogen-bond acceptors (Lipinski definition) is 7. The maximum absolute atomic E-state index is 13.2. The van der Waals surface area contributed by atoms with E-state index in [4.69, 9.17) is 10.5 Å². The molecule has 0 spiro atoms. The van der Waals surface area contributed by atoms with Gasteiger partial charge in [0.15, 0.2) is 17.2 Å². The summed E-state index contributed by atoms with van der Waals surface area (Å²) in [7, 11) is 0. The van der Waals surface area contributed by atoms with Crippen molar-refractivity contribution < 1.29 is 18.3 Å². The lowest BCUT2D eigenvalue weighted by molar-refractivity contribution is -0.132. The molecule has 0 radical (unpaired) electrons. The first-order valence-electron chi connectivity index (χ1n) is 13.2. The topological polar surface area (TPSA) is 96.6 Å². The van der Waals surface area contributed by atoms with Crippen LogP contribution >= 0.6 is 0 Å². The van der Waals surface area contributed by atoms with E-state index in [9.17, 15) is 13.6 Å². The molecule has 5 rings (SSSR count). The molecule has 0 bridgehead atoms. The van der Waals surface area contributed by atoms with Crippen molar-refractivity contribution in [2.75, 3.05) is 42.3 Å². The van der Waals surface area contributed by atoms with Crippen molar-refractivity contribution >= 4 is 29.0 Å². The standard InChI is InChI=1S/C17H19F2N5O2.C10H19N/c1-17(2)15(25)24(7-3-6-18)12-5-4-10(8-13(12)26-17)22-16-21-9-11(19)14(20)23-16;1-9-5-4-8-11-7-3-2-6-10(9)11/h4-5,8-9H,3,6-7H2,1-2H3,(H3,20,21,22,23);9-10H,2-8H2,1H3/t;9-,10?/m.1/s1. The second-order valence-electron chi connectivity index (χ2n) is 10.6. The predicted molar refractivity (Wildman–Crippen MR) is 141 cm³/mol. The van der Waals surface area contributed by atoms with Crippen LogP contribution in [0, 0.1) is 11.7 Å². The van der Waals surface area contributed by atoms with Crippen LogP contribution in [0.4, 0.5) is 31.9 Å². The van der Waals surface area contributed by atoms with Crippen LogP contribution in [0.15, 0.2) is 24.4 Å². The maximum atomic E-state index is 13.2. The van der Waals surface area contributed by atoms with Gasteiger partial charge in [0.05, 0.1) is 18.6 Å². The van der Waals surface area contributed by atoms with E-state index >= 15 is 0 Å². The lowest BCUT2D eigenvalue weighted by Crippen LogP contribution is -2.52. The van der Waals surface area contributed by atoms with Gasteiger partial charge in [-0.05, 0) is 77.1 Å². The number of halogens is 2. The summed E-state index contributed by atoms with van der Waals surface area (Å²) in [6.07, 6.45) is 8.53. The molecule has 1 amide bonds.